The molecule has 214 valence electrons. The van der Waals surface area contributed by atoms with Crippen molar-refractivity contribution in [3.8, 4) is 11.1 Å². The van der Waals surface area contributed by atoms with Crippen LogP contribution in [0.25, 0.3) is 22.2 Å². The Bertz CT molecular complexity index is 1460. The summed E-state index contributed by atoms with van der Waals surface area (Å²) in [6.07, 6.45) is 2.98. The van der Waals surface area contributed by atoms with Crippen molar-refractivity contribution >= 4 is 23.2 Å². The highest BCUT2D eigenvalue weighted by atomic mass is 16.6. The third kappa shape index (κ3) is 5.32. The van der Waals surface area contributed by atoms with Crippen LogP contribution >= 0.6 is 0 Å². The van der Waals surface area contributed by atoms with E-state index in [2.05, 4.69) is 44.3 Å². The van der Waals surface area contributed by atoms with Gasteiger partial charge in [0.15, 0.2) is 0 Å². The maximum atomic E-state index is 12.9. The van der Waals surface area contributed by atoms with Crippen LogP contribution in [0.5, 0.6) is 0 Å². The molecule has 5 rings (SSSR count). The highest BCUT2D eigenvalue weighted by Crippen LogP contribution is 2.44. The minimum Gasteiger partial charge on any atom is -0.465 e. The number of carbonyl (C=O) groups excluding carboxylic acids is 1. The normalized spacial score (nSPS) is 19.9. The van der Waals surface area contributed by atoms with E-state index in [9.17, 15) is 14.7 Å². The molecule has 0 aliphatic carbocycles. The number of morpholine rings is 1. The van der Waals surface area contributed by atoms with Crippen LogP contribution in [0.4, 0.5) is 9.59 Å². The van der Waals surface area contributed by atoms with Gasteiger partial charge in [0, 0.05) is 35.9 Å². The van der Waals surface area contributed by atoms with Gasteiger partial charge in [-0.1, -0.05) is 26.8 Å². The average molecular weight is 549 g/mol. The zero-order valence-corrected chi connectivity index (χ0v) is 24.5. The second kappa shape index (κ2) is 10.2. The van der Waals surface area contributed by atoms with Crippen molar-refractivity contribution in [3.05, 3.63) is 52.8 Å². The molecule has 1 amide bonds. The fraction of sp³-hybridized carbons (Fsp3) is 0.516. The van der Waals surface area contributed by atoms with Crippen LogP contribution in [-0.4, -0.2) is 63.6 Å². The van der Waals surface area contributed by atoms with Crippen molar-refractivity contribution in [1.29, 1.82) is 0 Å². The predicted molar refractivity (Wildman–Crippen MR) is 154 cm³/mol. The number of rotatable bonds is 2. The number of pyridine rings is 1. The van der Waals surface area contributed by atoms with Crippen LogP contribution in [0.15, 0.2) is 30.6 Å². The fourth-order valence-electron chi connectivity index (χ4n) is 5.89. The lowest BCUT2D eigenvalue weighted by Crippen LogP contribution is -2.45. The number of ether oxygens (including phenoxy) is 2. The maximum absolute atomic E-state index is 12.9. The minimum atomic E-state index is -0.939. The number of aryl methyl sites for hydroxylation is 1. The van der Waals surface area contributed by atoms with E-state index < -0.39 is 23.8 Å². The lowest BCUT2D eigenvalue weighted by Gasteiger charge is -2.42. The topological polar surface area (TPSA) is 106 Å². The van der Waals surface area contributed by atoms with Crippen molar-refractivity contribution < 1.29 is 24.2 Å². The summed E-state index contributed by atoms with van der Waals surface area (Å²) in [7, 11) is 0. The molecule has 2 aliphatic heterocycles. The summed E-state index contributed by atoms with van der Waals surface area (Å²) in [5.41, 5.74) is 6.02. The summed E-state index contributed by atoms with van der Waals surface area (Å²) in [5, 5.41) is 14.6. The molecule has 1 unspecified atom stereocenters. The van der Waals surface area contributed by atoms with Gasteiger partial charge in [-0.3, -0.25) is 4.90 Å². The zero-order chi connectivity index (χ0) is 29.0. The highest BCUT2D eigenvalue weighted by molar-refractivity contribution is 5.91. The van der Waals surface area contributed by atoms with Crippen LogP contribution in [0, 0.1) is 12.3 Å². The Morgan fingerprint density at radius 2 is 1.88 bits per heavy atom. The third-order valence-corrected chi connectivity index (χ3v) is 7.69. The molecule has 2 atom stereocenters. The molecule has 3 aromatic rings. The van der Waals surface area contributed by atoms with E-state index in [1.807, 2.05) is 27.7 Å². The molecule has 9 heteroatoms. The Balaban J connectivity index is 1.65. The average Bonchev–Trinajstić information content (AvgIpc) is 3.22. The second-order valence-corrected chi connectivity index (χ2v) is 13.0. The van der Waals surface area contributed by atoms with Gasteiger partial charge in [0.25, 0.3) is 0 Å². The summed E-state index contributed by atoms with van der Waals surface area (Å²) in [4.78, 5) is 31.3. The Morgan fingerprint density at radius 3 is 2.55 bits per heavy atom. The van der Waals surface area contributed by atoms with E-state index in [1.165, 1.54) is 20.6 Å². The summed E-state index contributed by atoms with van der Waals surface area (Å²) in [6, 6.07) is 6.05. The molecule has 9 nitrogen and oxygen atoms in total. The van der Waals surface area contributed by atoms with Crippen LogP contribution in [0.2, 0.25) is 0 Å². The minimum absolute atomic E-state index is 0.0723. The number of nitrogens with one attached hydrogen (secondary N) is 1. The Hall–Kier alpha value is -3.43. The van der Waals surface area contributed by atoms with E-state index in [0.717, 1.165) is 40.6 Å². The van der Waals surface area contributed by atoms with Crippen LogP contribution in [0.3, 0.4) is 0 Å². The van der Waals surface area contributed by atoms with Gasteiger partial charge >= 0.3 is 12.2 Å². The molecular weight excluding hydrogens is 508 g/mol. The first-order valence-electron chi connectivity index (χ1n) is 13.9. The van der Waals surface area contributed by atoms with Gasteiger partial charge in [0.1, 0.15) is 11.2 Å². The molecule has 2 aromatic heterocycles. The molecule has 0 spiro atoms. The predicted octanol–water partition coefficient (Wildman–Crippen LogP) is 6.08. The van der Waals surface area contributed by atoms with E-state index in [1.54, 1.807) is 12.4 Å². The number of amides is 1. The van der Waals surface area contributed by atoms with Gasteiger partial charge in [-0.25, -0.2) is 19.1 Å². The Kier molecular flexibility index (Phi) is 7.17. The number of hydrogen-bond acceptors (Lipinski definition) is 6. The monoisotopic (exact) mass is 548 g/mol. The van der Waals surface area contributed by atoms with Crippen molar-refractivity contribution in [3.63, 3.8) is 0 Å². The first-order valence-corrected chi connectivity index (χ1v) is 13.9. The Labute approximate surface area is 235 Å². The van der Waals surface area contributed by atoms with Gasteiger partial charge in [-0.2, -0.15) is 0 Å². The molecule has 2 aliphatic rings. The Morgan fingerprint density at radius 1 is 1.12 bits per heavy atom. The molecule has 0 saturated carbocycles. The number of nitrogens with zero attached hydrogens (tertiary/aromatic N) is 3. The first kappa shape index (κ1) is 28.1. The quantitative estimate of drug-likeness (QED) is 0.400. The standard InChI is InChI=1S/C31H40N4O5/c1-18-16-35(29(38)40-31(5,6)7)27-22(18)14-21(15-33-27)20-12-19-8-9-32-26(30(2,3)4)25(19)23(13-20)24-17-39-11-10-34(24)28(36)37/h12-16,24,26,32H,8-11,17H2,1-7H3,(H,36,37)/t24-,26?/m0/s1. The van der Waals surface area contributed by atoms with E-state index in [4.69, 9.17) is 14.5 Å². The smallest absolute Gasteiger partial charge is 0.420 e. The molecule has 2 N–H and O–H groups in total. The zero-order valence-electron chi connectivity index (χ0n) is 24.5. The van der Waals surface area contributed by atoms with Crippen LogP contribution in [-0.2, 0) is 15.9 Å². The summed E-state index contributed by atoms with van der Waals surface area (Å²) < 4.78 is 12.9. The van der Waals surface area contributed by atoms with Gasteiger partial charge < -0.3 is 19.9 Å². The number of carbonyl (C=O) groups is 2. The summed E-state index contributed by atoms with van der Waals surface area (Å²) >= 11 is 0. The molecule has 1 aromatic carbocycles. The van der Waals surface area contributed by atoms with Crippen LogP contribution in [0.1, 0.15) is 75.9 Å². The number of fused-ring (bicyclic) bond motifs is 2. The first-order chi connectivity index (χ1) is 18.7. The highest BCUT2D eigenvalue weighted by Gasteiger charge is 2.38. The number of benzene rings is 1. The van der Waals surface area contributed by atoms with Gasteiger partial charge in [-0.05, 0) is 86.0 Å². The molecule has 0 bridgehead atoms. The third-order valence-electron chi connectivity index (χ3n) is 7.69. The van der Waals surface area contributed by atoms with Gasteiger partial charge in [-0.15, -0.1) is 0 Å². The lowest BCUT2D eigenvalue weighted by atomic mass is 9.74. The summed E-state index contributed by atoms with van der Waals surface area (Å²) in [6.45, 7) is 16.0. The number of aromatic nitrogens is 2. The van der Waals surface area contributed by atoms with E-state index in [-0.39, 0.29) is 11.5 Å². The van der Waals surface area contributed by atoms with Crippen molar-refractivity contribution in [2.45, 2.75) is 72.6 Å². The number of hydrogen-bond donors (Lipinski definition) is 2. The van der Waals surface area contributed by atoms with Crippen LogP contribution < -0.4 is 5.32 Å². The van der Waals surface area contributed by atoms with Crippen molar-refractivity contribution in [2.24, 2.45) is 5.41 Å². The molecule has 40 heavy (non-hydrogen) atoms. The molecular formula is C31H40N4O5. The van der Waals surface area contributed by atoms with Gasteiger partial charge in [0.05, 0.1) is 19.3 Å². The maximum Gasteiger partial charge on any atom is 0.420 e. The molecule has 0 radical (unpaired) electrons. The molecule has 1 fully saturated rings. The second-order valence-electron chi connectivity index (χ2n) is 13.0. The largest absolute Gasteiger partial charge is 0.465 e. The SMILES string of the molecule is Cc1cn(C(=O)OC(C)(C)C)c2ncc(-c3cc4c(c([C@@H]5COCCN5C(=O)O)c3)C(C(C)(C)C)NCC4)cc12. The lowest BCUT2D eigenvalue weighted by molar-refractivity contribution is -0.00160. The van der Waals surface area contributed by atoms with Crippen molar-refractivity contribution in [1.82, 2.24) is 19.8 Å². The van der Waals surface area contributed by atoms with E-state index in [0.29, 0.717) is 25.4 Å². The summed E-state index contributed by atoms with van der Waals surface area (Å²) in [5.74, 6) is 0. The molecule has 1 saturated heterocycles. The number of carboxylic acid groups (broad SMARTS) is 1. The van der Waals surface area contributed by atoms with E-state index >= 15 is 0 Å². The molecule has 4 heterocycles. The van der Waals surface area contributed by atoms with Gasteiger partial charge in [0.2, 0.25) is 0 Å². The fourth-order valence-corrected chi connectivity index (χ4v) is 5.89. The van der Waals surface area contributed by atoms with Crippen molar-refractivity contribution in [2.75, 3.05) is 26.3 Å².